The van der Waals surface area contributed by atoms with Crippen LogP contribution in [0.2, 0.25) is 0 Å². The molecule has 0 fully saturated rings. The monoisotopic (exact) mass is 633 g/mol. The number of carbonyl (C=O) groups excluding carboxylic acids is 2. The Hall–Kier alpha value is -3.04. The predicted molar refractivity (Wildman–Crippen MR) is 150 cm³/mol. The minimum absolute atomic E-state index is 0.209. The van der Waals surface area contributed by atoms with Gasteiger partial charge in [-0.15, -0.1) is 0 Å². The van der Waals surface area contributed by atoms with Crippen LogP contribution < -0.4 is 19.1 Å². The number of amides is 1. The summed E-state index contributed by atoms with van der Waals surface area (Å²) in [5.41, 5.74) is 1.87. The van der Waals surface area contributed by atoms with E-state index in [9.17, 15) is 9.59 Å². The lowest BCUT2D eigenvalue weighted by Crippen LogP contribution is -2.36. The van der Waals surface area contributed by atoms with E-state index in [1.165, 1.54) is 12.0 Å². The van der Waals surface area contributed by atoms with Gasteiger partial charge in [-0.1, -0.05) is 19.9 Å². The van der Waals surface area contributed by atoms with Crippen LogP contribution in [0.3, 0.4) is 0 Å². The first-order chi connectivity index (χ1) is 17.7. The van der Waals surface area contributed by atoms with Crippen molar-refractivity contribution in [1.82, 2.24) is 0 Å². The summed E-state index contributed by atoms with van der Waals surface area (Å²) in [5.74, 6) is 1.83. The fourth-order valence-corrected chi connectivity index (χ4v) is 5.00. The van der Waals surface area contributed by atoms with Crippen molar-refractivity contribution < 1.29 is 28.5 Å². The van der Waals surface area contributed by atoms with Crippen LogP contribution in [0.4, 0.5) is 5.69 Å². The number of esters is 1. The second-order valence-corrected chi connectivity index (χ2v) is 10.0. The molecule has 0 aliphatic rings. The number of methoxy groups -OCH3 is 2. The summed E-state index contributed by atoms with van der Waals surface area (Å²) >= 11 is 7.14. The lowest BCUT2D eigenvalue weighted by Gasteiger charge is -2.24. The van der Waals surface area contributed by atoms with Gasteiger partial charge in [0, 0.05) is 16.8 Å². The zero-order valence-electron chi connectivity index (χ0n) is 21.3. The Morgan fingerprint density at radius 2 is 1.62 bits per heavy atom. The Kier molecular flexibility index (Phi) is 10.00. The summed E-state index contributed by atoms with van der Waals surface area (Å²) < 4.78 is 23.2. The van der Waals surface area contributed by atoms with Crippen LogP contribution in [0.1, 0.15) is 42.6 Å². The summed E-state index contributed by atoms with van der Waals surface area (Å²) in [7, 11) is 3.17. The third-order valence-corrected chi connectivity index (χ3v) is 6.67. The van der Waals surface area contributed by atoms with Crippen LogP contribution in [0.15, 0.2) is 63.5 Å². The maximum absolute atomic E-state index is 13.5. The molecule has 0 heterocycles. The molecule has 0 N–H and O–H groups in total. The van der Waals surface area contributed by atoms with Crippen molar-refractivity contribution in [3.05, 3.63) is 74.7 Å². The number of rotatable bonds is 10. The standard InChI is InChI=1S/C28H29Br2NO6/c1-6-36-26(32)16-31(28(33)18-8-7-9-20(12-18)34-4)19-13-23(29)27(24(30)14-19)37-21-10-11-25(35-5)22(15-21)17(2)3/h7-15,17H,6,16H2,1-5H3. The first-order valence-electron chi connectivity index (χ1n) is 11.6. The molecular weight excluding hydrogens is 606 g/mol. The zero-order chi connectivity index (χ0) is 27.1. The molecule has 196 valence electrons. The smallest absolute Gasteiger partial charge is 0.326 e. The van der Waals surface area contributed by atoms with Crippen molar-refractivity contribution in [2.45, 2.75) is 26.7 Å². The van der Waals surface area contributed by atoms with Gasteiger partial charge in [-0.25, -0.2) is 0 Å². The molecule has 7 nitrogen and oxygen atoms in total. The zero-order valence-corrected chi connectivity index (χ0v) is 24.5. The number of hydrogen-bond acceptors (Lipinski definition) is 6. The Bertz CT molecular complexity index is 1250. The van der Waals surface area contributed by atoms with Gasteiger partial charge in [0.05, 0.1) is 29.8 Å². The minimum atomic E-state index is -0.522. The predicted octanol–water partition coefficient (Wildman–Crippen LogP) is 7.35. The quantitative estimate of drug-likeness (QED) is 0.217. The second-order valence-electron chi connectivity index (χ2n) is 8.33. The third kappa shape index (κ3) is 7.05. The van der Waals surface area contributed by atoms with Gasteiger partial charge in [0.25, 0.3) is 5.91 Å². The van der Waals surface area contributed by atoms with Crippen LogP contribution in [0.25, 0.3) is 0 Å². The first kappa shape index (κ1) is 28.5. The molecule has 0 aliphatic heterocycles. The Balaban J connectivity index is 1.99. The molecule has 0 saturated carbocycles. The van der Waals surface area contributed by atoms with Crippen LogP contribution in [-0.4, -0.2) is 39.2 Å². The molecule has 0 atom stereocenters. The van der Waals surface area contributed by atoms with Crippen molar-refractivity contribution in [1.29, 1.82) is 0 Å². The van der Waals surface area contributed by atoms with E-state index in [0.717, 1.165) is 11.3 Å². The molecule has 0 spiro atoms. The van der Waals surface area contributed by atoms with E-state index >= 15 is 0 Å². The summed E-state index contributed by atoms with van der Waals surface area (Å²) in [5, 5.41) is 0. The normalized spacial score (nSPS) is 10.7. The van der Waals surface area contributed by atoms with Gasteiger partial charge in [0.1, 0.15) is 23.8 Å². The van der Waals surface area contributed by atoms with E-state index < -0.39 is 5.97 Å². The van der Waals surface area contributed by atoms with Crippen molar-refractivity contribution >= 4 is 49.4 Å². The summed E-state index contributed by atoms with van der Waals surface area (Å²) in [6.07, 6.45) is 0. The van der Waals surface area contributed by atoms with E-state index in [0.29, 0.717) is 37.4 Å². The third-order valence-electron chi connectivity index (χ3n) is 5.49. The Morgan fingerprint density at radius 3 is 2.22 bits per heavy atom. The fourth-order valence-electron chi connectivity index (χ4n) is 3.67. The largest absolute Gasteiger partial charge is 0.497 e. The number of ether oxygens (including phenoxy) is 4. The van der Waals surface area contributed by atoms with Crippen molar-refractivity contribution in [2.75, 3.05) is 32.3 Å². The SMILES string of the molecule is CCOC(=O)CN(C(=O)c1cccc(OC)c1)c1cc(Br)c(Oc2ccc(OC)c(C(C)C)c2)c(Br)c1. The van der Waals surface area contributed by atoms with Gasteiger partial charge < -0.3 is 18.9 Å². The number of anilines is 1. The van der Waals surface area contributed by atoms with Gasteiger partial charge in [0.15, 0.2) is 5.75 Å². The highest BCUT2D eigenvalue weighted by Gasteiger charge is 2.24. The van der Waals surface area contributed by atoms with E-state index in [4.69, 9.17) is 18.9 Å². The minimum Gasteiger partial charge on any atom is -0.497 e. The number of nitrogens with zero attached hydrogens (tertiary/aromatic N) is 1. The topological polar surface area (TPSA) is 74.3 Å². The lowest BCUT2D eigenvalue weighted by atomic mass is 10.0. The summed E-state index contributed by atoms with van der Waals surface area (Å²) in [6, 6.07) is 15.8. The Labute approximate surface area is 233 Å². The summed E-state index contributed by atoms with van der Waals surface area (Å²) in [6.45, 7) is 5.83. The maximum Gasteiger partial charge on any atom is 0.326 e. The lowest BCUT2D eigenvalue weighted by molar-refractivity contribution is -0.141. The molecule has 1 amide bonds. The summed E-state index contributed by atoms with van der Waals surface area (Å²) in [4.78, 5) is 27.3. The highest BCUT2D eigenvalue weighted by atomic mass is 79.9. The van der Waals surface area contributed by atoms with E-state index in [2.05, 4.69) is 45.7 Å². The molecule has 0 radical (unpaired) electrons. The van der Waals surface area contributed by atoms with E-state index in [1.807, 2.05) is 18.2 Å². The van der Waals surface area contributed by atoms with Crippen LogP contribution in [0.5, 0.6) is 23.0 Å². The highest BCUT2D eigenvalue weighted by Crippen LogP contribution is 2.41. The molecule has 37 heavy (non-hydrogen) atoms. The van der Waals surface area contributed by atoms with Gasteiger partial charge in [-0.05, 0) is 93.2 Å². The van der Waals surface area contributed by atoms with Gasteiger partial charge in [0.2, 0.25) is 0 Å². The molecule has 3 aromatic rings. The second kappa shape index (κ2) is 13.0. The number of halogens is 2. The molecule has 0 bridgehead atoms. The maximum atomic E-state index is 13.5. The van der Waals surface area contributed by atoms with Crippen LogP contribution >= 0.6 is 31.9 Å². The van der Waals surface area contributed by atoms with Gasteiger partial charge in [-0.2, -0.15) is 0 Å². The molecule has 3 aromatic carbocycles. The molecule has 0 saturated heterocycles. The van der Waals surface area contributed by atoms with Crippen molar-refractivity contribution in [2.24, 2.45) is 0 Å². The van der Waals surface area contributed by atoms with E-state index in [-0.39, 0.29) is 25.0 Å². The highest BCUT2D eigenvalue weighted by molar-refractivity contribution is 9.11. The molecule has 3 rings (SSSR count). The van der Waals surface area contributed by atoms with Gasteiger partial charge in [-0.3, -0.25) is 14.5 Å². The van der Waals surface area contributed by atoms with E-state index in [1.54, 1.807) is 50.4 Å². The van der Waals surface area contributed by atoms with Gasteiger partial charge >= 0.3 is 5.97 Å². The number of hydrogen-bond donors (Lipinski definition) is 0. The van der Waals surface area contributed by atoms with Crippen molar-refractivity contribution in [3.63, 3.8) is 0 Å². The average Bonchev–Trinajstić information content (AvgIpc) is 2.88. The van der Waals surface area contributed by atoms with Crippen molar-refractivity contribution in [3.8, 4) is 23.0 Å². The molecular formula is C28H29Br2NO6. The molecule has 0 aromatic heterocycles. The average molecular weight is 635 g/mol. The number of benzene rings is 3. The molecule has 0 aliphatic carbocycles. The molecule has 9 heteroatoms. The van der Waals surface area contributed by atoms with Crippen LogP contribution in [-0.2, 0) is 9.53 Å². The molecule has 0 unspecified atom stereocenters. The Morgan fingerprint density at radius 1 is 0.919 bits per heavy atom. The number of carbonyl (C=O) groups is 2. The van der Waals surface area contributed by atoms with Crippen LogP contribution in [0, 0.1) is 0 Å². The first-order valence-corrected chi connectivity index (χ1v) is 13.2. The fraction of sp³-hybridized carbons (Fsp3) is 0.286.